The van der Waals surface area contributed by atoms with Crippen molar-refractivity contribution in [3.8, 4) is 11.5 Å². The highest BCUT2D eigenvalue weighted by Gasteiger charge is 2.11. The van der Waals surface area contributed by atoms with Gasteiger partial charge in [0.05, 0.1) is 26.5 Å². The lowest BCUT2D eigenvalue weighted by molar-refractivity contribution is 0.0949. The number of methoxy groups -OCH3 is 2. The molecule has 1 N–H and O–H groups in total. The summed E-state index contributed by atoms with van der Waals surface area (Å²) in [4.78, 5) is 12.2. The van der Waals surface area contributed by atoms with E-state index in [0.717, 1.165) is 12.2 Å². The molecule has 0 aliphatic heterocycles. The lowest BCUT2D eigenvalue weighted by Crippen LogP contribution is -2.24. The molecule has 0 radical (unpaired) electrons. The fourth-order valence-electron chi connectivity index (χ4n) is 2.05. The molecule has 0 aliphatic rings. The van der Waals surface area contributed by atoms with E-state index in [1.807, 2.05) is 17.7 Å². The number of nitrogens with one attached hydrogen (secondary N) is 1. The molecular weight excluding hydrogens is 270 g/mol. The van der Waals surface area contributed by atoms with Crippen molar-refractivity contribution < 1.29 is 14.3 Å². The Morgan fingerprint density at radius 1 is 1.24 bits per heavy atom. The lowest BCUT2D eigenvalue weighted by atomic mass is 10.2. The minimum absolute atomic E-state index is 0.167. The zero-order valence-electron chi connectivity index (χ0n) is 12.4. The maximum absolute atomic E-state index is 12.2. The van der Waals surface area contributed by atoms with E-state index in [9.17, 15) is 4.79 Å². The second kappa shape index (κ2) is 6.78. The summed E-state index contributed by atoms with van der Waals surface area (Å²) < 4.78 is 12.2. The van der Waals surface area contributed by atoms with Gasteiger partial charge in [0, 0.05) is 18.3 Å². The Hall–Kier alpha value is -2.50. The minimum atomic E-state index is -0.167. The number of carbonyl (C=O) groups excluding carboxylic acids is 1. The highest BCUT2D eigenvalue weighted by atomic mass is 16.5. The van der Waals surface area contributed by atoms with Crippen molar-refractivity contribution in [1.29, 1.82) is 0 Å². The lowest BCUT2D eigenvalue weighted by Gasteiger charge is -2.10. The van der Waals surface area contributed by atoms with E-state index in [4.69, 9.17) is 9.47 Å². The number of carbonyl (C=O) groups is 1. The van der Waals surface area contributed by atoms with Gasteiger partial charge in [0.1, 0.15) is 0 Å². The molecule has 1 aromatic carbocycles. The SMILES string of the molecule is CCn1nccc1CNC(=O)c1ccc(OC)c(OC)c1. The van der Waals surface area contributed by atoms with Crippen molar-refractivity contribution in [2.45, 2.75) is 20.0 Å². The highest BCUT2D eigenvalue weighted by Crippen LogP contribution is 2.27. The number of ether oxygens (including phenoxy) is 2. The van der Waals surface area contributed by atoms with E-state index in [1.165, 1.54) is 0 Å². The molecule has 0 aliphatic carbocycles. The van der Waals surface area contributed by atoms with Crippen LogP contribution in [-0.4, -0.2) is 29.9 Å². The molecule has 0 atom stereocenters. The van der Waals surface area contributed by atoms with Crippen molar-refractivity contribution in [3.63, 3.8) is 0 Å². The highest BCUT2D eigenvalue weighted by molar-refractivity contribution is 5.94. The smallest absolute Gasteiger partial charge is 0.251 e. The number of nitrogens with zero attached hydrogens (tertiary/aromatic N) is 2. The monoisotopic (exact) mass is 289 g/mol. The van der Waals surface area contributed by atoms with Crippen LogP contribution in [0.2, 0.25) is 0 Å². The molecule has 0 bridgehead atoms. The number of aromatic nitrogens is 2. The average Bonchev–Trinajstić information content (AvgIpc) is 2.99. The molecule has 2 aromatic rings. The summed E-state index contributed by atoms with van der Waals surface area (Å²) in [6.45, 7) is 3.21. The Balaban J connectivity index is 2.07. The van der Waals surface area contributed by atoms with Crippen LogP contribution in [0.15, 0.2) is 30.5 Å². The van der Waals surface area contributed by atoms with Crippen LogP contribution in [0.25, 0.3) is 0 Å². The second-order valence-electron chi connectivity index (χ2n) is 4.39. The Morgan fingerprint density at radius 2 is 2.00 bits per heavy atom. The van der Waals surface area contributed by atoms with Crippen molar-refractivity contribution >= 4 is 5.91 Å². The summed E-state index contributed by atoms with van der Waals surface area (Å²) >= 11 is 0. The molecule has 0 unspecified atom stereocenters. The summed E-state index contributed by atoms with van der Waals surface area (Å²) in [7, 11) is 3.10. The number of amides is 1. The number of aryl methyl sites for hydroxylation is 1. The standard InChI is InChI=1S/C15H19N3O3/c1-4-18-12(7-8-17-18)10-16-15(19)11-5-6-13(20-2)14(9-11)21-3/h5-9H,4,10H2,1-3H3,(H,16,19). The summed E-state index contributed by atoms with van der Waals surface area (Å²) in [5.74, 6) is 0.960. The van der Waals surface area contributed by atoms with Gasteiger partial charge in [0.25, 0.3) is 5.91 Å². The molecule has 112 valence electrons. The van der Waals surface area contributed by atoms with Crippen LogP contribution >= 0.6 is 0 Å². The van der Waals surface area contributed by atoms with Gasteiger partial charge >= 0.3 is 0 Å². The first-order chi connectivity index (χ1) is 10.2. The molecule has 6 heteroatoms. The van der Waals surface area contributed by atoms with E-state index in [0.29, 0.717) is 23.6 Å². The average molecular weight is 289 g/mol. The predicted molar refractivity (Wildman–Crippen MR) is 78.6 cm³/mol. The van der Waals surface area contributed by atoms with Gasteiger partial charge in [-0.25, -0.2) is 0 Å². The summed E-state index contributed by atoms with van der Waals surface area (Å²) in [5.41, 5.74) is 1.49. The Labute approximate surface area is 123 Å². The molecule has 0 spiro atoms. The van der Waals surface area contributed by atoms with Gasteiger partial charge in [0.2, 0.25) is 0 Å². The number of hydrogen-bond acceptors (Lipinski definition) is 4. The van der Waals surface area contributed by atoms with Crippen molar-refractivity contribution in [2.24, 2.45) is 0 Å². The van der Waals surface area contributed by atoms with E-state index < -0.39 is 0 Å². The molecule has 0 saturated carbocycles. The quantitative estimate of drug-likeness (QED) is 0.881. The largest absolute Gasteiger partial charge is 0.493 e. The van der Waals surface area contributed by atoms with Gasteiger partial charge in [-0.3, -0.25) is 9.48 Å². The molecule has 6 nitrogen and oxygen atoms in total. The third-order valence-electron chi connectivity index (χ3n) is 3.18. The van der Waals surface area contributed by atoms with E-state index in [2.05, 4.69) is 10.4 Å². The molecule has 1 heterocycles. The van der Waals surface area contributed by atoms with Crippen LogP contribution in [-0.2, 0) is 13.1 Å². The van der Waals surface area contributed by atoms with Crippen molar-refractivity contribution in [2.75, 3.05) is 14.2 Å². The van der Waals surface area contributed by atoms with Crippen LogP contribution in [0.4, 0.5) is 0 Å². The minimum Gasteiger partial charge on any atom is -0.493 e. The maximum Gasteiger partial charge on any atom is 0.251 e. The first-order valence-electron chi connectivity index (χ1n) is 6.70. The number of rotatable bonds is 6. The van der Waals surface area contributed by atoms with Crippen LogP contribution in [0, 0.1) is 0 Å². The van der Waals surface area contributed by atoms with Gasteiger partial charge in [-0.15, -0.1) is 0 Å². The molecule has 21 heavy (non-hydrogen) atoms. The number of hydrogen-bond donors (Lipinski definition) is 1. The fraction of sp³-hybridized carbons (Fsp3) is 0.333. The van der Waals surface area contributed by atoms with Gasteiger partial charge in [0.15, 0.2) is 11.5 Å². The third-order valence-corrected chi connectivity index (χ3v) is 3.18. The molecule has 2 rings (SSSR count). The molecule has 1 amide bonds. The molecule has 0 fully saturated rings. The molecular formula is C15H19N3O3. The van der Waals surface area contributed by atoms with Crippen LogP contribution in [0.1, 0.15) is 23.0 Å². The summed E-state index contributed by atoms with van der Waals surface area (Å²) in [6.07, 6.45) is 1.72. The Morgan fingerprint density at radius 3 is 2.67 bits per heavy atom. The third kappa shape index (κ3) is 3.34. The topological polar surface area (TPSA) is 65.4 Å². The predicted octanol–water partition coefficient (Wildman–Crippen LogP) is 1.85. The summed E-state index contributed by atoms with van der Waals surface area (Å²) in [6, 6.07) is 6.96. The van der Waals surface area contributed by atoms with Gasteiger partial charge in [-0.1, -0.05) is 0 Å². The molecule has 0 saturated heterocycles. The zero-order valence-corrected chi connectivity index (χ0v) is 12.4. The summed E-state index contributed by atoms with van der Waals surface area (Å²) in [5, 5.41) is 7.03. The Kier molecular flexibility index (Phi) is 4.81. The normalized spacial score (nSPS) is 10.2. The first-order valence-corrected chi connectivity index (χ1v) is 6.70. The van der Waals surface area contributed by atoms with Crippen LogP contribution in [0.3, 0.4) is 0 Å². The first kappa shape index (κ1) is 14.9. The van der Waals surface area contributed by atoms with Crippen molar-refractivity contribution in [3.05, 3.63) is 41.7 Å². The fourth-order valence-corrected chi connectivity index (χ4v) is 2.05. The Bertz CT molecular complexity index is 622. The number of benzene rings is 1. The zero-order chi connectivity index (χ0) is 15.2. The van der Waals surface area contributed by atoms with Crippen LogP contribution < -0.4 is 14.8 Å². The van der Waals surface area contributed by atoms with Gasteiger partial charge < -0.3 is 14.8 Å². The van der Waals surface area contributed by atoms with E-state index in [-0.39, 0.29) is 5.91 Å². The van der Waals surface area contributed by atoms with E-state index in [1.54, 1.807) is 38.6 Å². The van der Waals surface area contributed by atoms with Gasteiger partial charge in [-0.2, -0.15) is 5.10 Å². The van der Waals surface area contributed by atoms with E-state index >= 15 is 0 Å². The molecule has 1 aromatic heterocycles. The van der Waals surface area contributed by atoms with Crippen LogP contribution in [0.5, 0.6) is 11.5 Å². The maximum atomic E-state index is 12.2. The van der Waals surface area contributed by atoms with Gasteiger partial charge in [-0.05, 0) is 31.2 Å². The second-order valence-corrected chi connectivity index (χ2v) is 4.39. The van der Waals surface area contributed by atoms with Crippen molar-refractivity contribution in [1.82, 2.24) is 15.1 Å².